The number of likely N-dealkylation sites (tertiary alicyclic amines) is 1. The molecular formula is C8H15NO3. The van der Waals surface area contributed by atoms with Gasteiger partial charge in [0.1, 0.15) is 5.92 Å². The predicted octanol–water partition coefficient (Wildman–Crippen LogP) is 0.514. The SMILES string of the molecule is COC(=O)C1CCC[N+](C)([O-])C1. The van der Waals surface area contributed by atoms with Gasteiger partial charge in [0.25, 0.3) is 0 Å². The van der Waals surface area contributed by atoms with Gasteiger partial charge in [-0.1, -0.05) is 0 Å². The molecule has 1 aliphatic rings. The Bertz CT molecular complexity index is 179. The zero-order chi connectivity index (χ0) is 9.19. The molecule has 1 rings (SSSR count). The zero-order valence-electron chi connectivity index (χ0n) is 7.58. The highest BCUT2D eigenvalue weighted by Gasteiger charge is 2.30. The van der Waals surface area contributed by atoms with E-state index in [0.29, 0.717) is 13.1 Å². The summed E-state index contributed by atoms with van der Waals surface area (Å²) in [5.41, 5.74) is 0. The number of hydrogen-bond donors (Lipinski definition) is 0. The highest BCUT2D eigenvalue weighted by Crippen LogP contribution is 2.21. The molecule has 1 saturated heterocycles. The Morgan fingerprint density at radius 3 is 2.83 bits per heavy atom. The molecule has 2 unspecified atom stereocenters. The Labute approximate surface area is 72.3 Å². The van der Waals surface area contributed by atoms with Crippen LogP contribution in [0.2, 0.25) is 0 Å². The van der Waals surface area contributed by atoms with E-state index in [1.165, 1.54) is 7.11 Å². The number of esters is 1. The number of methoxy groups -OCH3 is 1. The summed E-state index contributed by atoms with van der Waals surface area (Å²) in [6.45, 7) is 0.986. The molecular weight excluding hydrogens is 158 g/mol. The standard InChI is InChI=1S/C8H15NO3/c1-9(11)5-3-4-7(6-9)8(10)12-2/h7H,3-6H2,1-2H3. The quantitative estimate of drug-likeness (QED) is 0.330. The van der Waals surface area contributed by atoms with Crippen LogP contribution in [0, 0.1) is 11.1 Å². The summed E-state index contributed by atoms with van der Waals surface area (Å²) in [4.78, 5) is 11.1. The summed E-state index contributed by atoms with van der Waals surface area (Å²) in [5.74, 6) is -0.429. The maximum absolute atomic E-state index is 11.5. The number of piperidine rings is 1. The number of hydroxylamine groups is 3. The van der Waals surface area contributed by atoms with Crippen LogP contribution in [0.3, 0.4) is 0 Å². The second-order valence-corrected chi connectivity index (χ2v) is 3.57. The molecule has 0 saturated carbocycles. The lowest BCUT2D eigenvalue weighted by Crippen LogP contribution is -2.48. The third kappa shape index (κ3) is 2.19. The number of hydrogen-bond acceptors (Lipinski definition) is 3. The topological polar surface area (TPSA) is 49.4 Å². The summed E-state index contributed by atoms with van der Waals surface area (Å²) >= 11 is 0. The summed E-state index contributed by atoms with van der Waals surface area (Å²) in [5, 5.41) is 11.5. The molecule has 0 bridgehead atoms. The van der Waals surface area contributed by atoms with Gasteiger partial charge in [0.2, 0.25) is 0 Å². The summed E-state index contributed by atoms with van der Waals surface area (Å²) in [6, 6.07) is 0. The Kier molecular flexibility index (Phi) is 2.69. The van der Waals surface area contributed by atoms with E-state index in [1.54, 1.807) is 7.05 Å². The molecule has 1 aliphatic heterocycles. The first-order valence-electron chi connectivity index (χ1n) is 4.18. The van der Waals surface area contributed by atoms with Crippen LogP contribution < -0.4 is 0 Å². The van der Waals surface area contributed by atoms with Crippen LogP contribution >= 0.6 is 0 Å². The van der Waals surface area contributed by atoms with Gasteiger partial charge in [-0.05, 0) is 12.8 Å². The first kappa shape index (κ1) is 9.48. The minimum atomic E-state index is -0.306. The average Bonchev–Trinajstić information content (AvgIpc) is 2.01. The first-order chi connectivity index (χ1) is 5.55. The lowest BCUT2D eigenvalue weighted by molar-refractivity contribution is -0.868. The normalized spacial score (nSPS) is 36.1. The minimum absolute atomic E-state index is 0.189. The van der Waals surface area contributed by atoms with Crippen molar-refractivity contribution < 1.29 is 14.2 Å². The summed E-state index contributed by atoms with van der Waals surface area (Å²) < 4.78 is 4.29. The fourth-order valence-electron chi connectivity index (χ4n) is 1.68. The molecule has 0 aromatic carbocycles. The van der Waals surface area contributed by atoms with Crippen molar-refractivity contribution in [2.75, 3.05) is 27.2 Å². The van der Waals surface area contributed by atoms with Crippen LogP contribution in [0.1, 0.15) is 12.8 Å². The van der Waals surface area contributed by atoms with Crippen molar-refractivity contribution >= 4 is 5.97 Å². The maximum Gasteiger partial charge on any atom is 0.314 e. The van der Waals surface area contributed by atoms with Gasteiger partial charge in [-0.3, -0.25) is 4.79 Å². The van der Waals surface area contributed by atoms with E-state index in [4.69, 9.17) is 0 Å². The molecule has 0 radical (unpaired) electrons. The molecule has 1 fully saturated rings. The minimum Gasteiger partial charge on any atom is -0.633 e. The van der Waals surface area contributed by atoms with Crippen LogP contribution in [0.4, 0.5) is 0 Å². The van der Waals surface area contributed by atoms with Crippen molar-refractivity contribution in [3.8, 4) is 0 Å². The lowest BCUT2D eigenvalue weighted by Gasteiger charge is -2.43. The van der Waals surface area contributed by atoms with Gasteiger partial charge in [0.05, 0.1) is 27.2 Å². The molecule has 0 N–H and O–H groups in total. The Morgan fingerprint density at radius 2 is 2.33 bits per heavy atom. The molecule has 0 spiro atoms. The van der Waals surface area contributed by atoms with Crippen molar-refractivity contribution in [3.05, 3.63) is 5.21 Å². The molecule has 0 aromatic heterocycles. The van der Waals surface area contributed by atoms with Gasteiger partial charge in [-0.2, -0.15) is 0 Å². The van der Waals surface area contributed by atoms with E-state index in [9.17, 15) is 10.0 Å². The highest BCUT2D eigenvalue weighted by atomic mass is 16.5. The van der Waals surface area contributed by atoms with Crippen molar-refractivity contribution in [1.82, 2.24) is 0 Å². The van der Waals surface area contributed by atoms with Gasteiger partial charge < -0.3 is 14.6 Å². The fraction of sp³-hybridized carbons (Fsp3) is 0.875. The zero-order valence-corrected chi connectivity index (χ0v) is 7.58. The van der Waals surface area contributed by atoms with Crippen LogP contribution in [0.25, 0.3) is 0 Å². The molecule has 0 aromatic rings. The van der Waals surface area contributed by atoms with E-state index >= 15 is 0 Å². The van der Waals surface area contributed by atoms with Crippen LogP contribution in [-0.4, -0.2) is 37.9 Å². The van der Waals surface area contributed by atoms with Gasteiger partial charge in [0.15, 0.2) is 0 Å². The van der Waals surface area contributed by atoms with Crippen LogP contribution in [0.5, 0.6) is 0 Å². The smallest absolute Gasteiger partial charge is 0.314 e. The van der Waals surface area contributed by atoms with Crippen LogP contribution in [0.15, 0.2) is 0 Å². The average molecular weight is 173 g/mol. The number of rotatable bonds is 1. The second-order valence-electron chi connectivity index (χ2n) is 3.57. The number of nitrogens with zero attached hydrogens (tertiary/aromatic N) is 1. The largest absolute Gasteiger partial charge is 0.633 e. The van der Waals surface area contributed by atoms with Crippen molar-refractivity contribution in [1.29, 1.82) is 0 Å². The maximum atomic E-state index is 11.5. The van der Waals surface area contributed by atoms with Gasteiger partial charge in [-0.15, -0.1) is 0 Å². The van der Waals surface area contributed by atoms with E-state index in [-0.39, 0.29) is 16.5 Å². The number of quaternary nitrogens is 1. The number of ether oxygens (including phenoxy) is 1. The Hall–Kier alpha value is -0.610. The van der Waals surface area contributed by atoms with Crippen molar-refractivity contribution in [2.45, 2.75) is 12.8 Å². The van der Waals surface area contributed by atoms with E-state index in [2.05, 4.69) is 4.74 Å². The molecule has 0 aliphatic carbocycles. The number of carbonyl (C=O) groups is 1. The molecule has 4 heteroatoms. The van der Waals surface area contributed by atoms with Gasteiger partial charge in [-0.25, -0.2) is 0 Å². The lowest BCUT2D eigenvalue weighted by atomic mass is 9.98. The van der Waals surface area contributed by atoms with Crippen LogP contribution in [-0.2, 0) is 9.53 Å². The van der Waals surface area contributed by atoms with Gasteiger partial charge >= 0.3 is 5.97 Å². The molecule has 70 valence electrons. The third-order valence-electron chi connectivity index (χ3n) is 2.32. The van der Waals surface area contributed by atoms with E-state index < -0.39 is 0 Å². The fourth-order valence-corrected chi connectivity index (χ4v) is 1.68. The first-order valence-corrected chi connectivity index (χ1v) is 4.18. The molecule has 4 nitrogen and oxygen atoms in total. The summed E-state index contributed by atoms with van der Waals surface area (Å²) in [7, 11) is 2.97. The van der Waals surface area contributed by atoms with E-state index in [1.807, 2.05) is 0 Å². The Morgan fingerprint density at radius 1 is 1.67 bits per heavy atom. The Balaban J connectivity index is 2.52. The second kappa shape index (κ2) is 3.41. The molecule has 12 heavy (non-hydrogen) atoms. The van der Waals surface area contributed by atoms with Gasteiger partial charge in [0, 0.05) is 0 Å². The number of carbonyl (C=O) groups excluding carboxylic acids is 1. The summed E-state index contributed by atoms with van der Waals surface area (Å²) in [6.07, 6.45) is 1.61. The van der Waals surface area contributed by atoms with E-state index in [0.717, 1.165) is 12.8 Å². The molecule has 1 heterocycles. The highest BCUT2D eigenvalue weighted by molar-refractivity contribution is 5.72. The third-order valence-corrected chi connectivity index (χ3v) is 2.32. The monoisotopic (exact) mass is 173 g/mol. The van der Waals surface area contributed by atoms with Crippen molar-refractivity contribution in [2.24, 2.45) is 5.92 Å². The predicted molar refractivity (Wildman–Crippen MR) is 44.0 cm³/mol. The molecule has 2 atom stereocenters. The molecule has 0 amide bonds. The van der Waals surface area contributed by atoms with Crippen molar-refractivity contribution in [3.63, 3.8) is 0 Å².